The van der Waals surface area contributed by atoms with Gasteiger partial charge >= 0.3 is 0 Å². The lowest BCUT2D eigenvalue weighted by atomic mass is 10.1. The molecule has 0 fully saturated rings. The van der Waals surface area contributed by atoms with Crippen molar-refractivity contribution in [2.24, 2.45) is 0 Å². The Morgan fingerprint density at radius 1 is 1.15 bits per heavy atom. The molecule has 2 amide bonds. The average molecular weight is 512 g/mol. The summed E-state index contributed by atoms with van der Waals surface area (Å²) in [5.74, 6) is -1.57. The van der Waals surface area contributed by atoms with Crippen molar-refractivity contribution >= 4 is 39.1 Å². The zero-order chi connectivity index (χ0) is 25.3. The molecule has 0 aliphatic rings. The minimum atomic E-state index is -3.90. The van der Waals surface area contributed by atoms with Gasteiger partial charge in [-0.2, -0.15) is 0 Å². The first-order chi connectivity index (χ1) is 16.0. The number of carbonyl (C=O) groups is 2. The van der Waals surface area contributed by atoms with Crippen LogP contribution in [0.15, 0.2) is 48.5 Å². The molecule has 2 rings (SSSR count). The molecule has 0 spiro atoms. The number of halogens is 2. The largest absolute Gasteiger partial charge is 0.354 e. The van der Waals surface area contributed by atoms with Gasteiger partial charge in [0.25, 0.3) is 0 Å². The van der Waals surface area contributed by atoms with E-state index < -0.39 is 34.3 Å². The summed E-state index contributed by atoms with van der Waals surface area (Å²) < 4.78 is 39.4. The summed E-state index contributed by atoms with van der Waals surface area (Å²) in [5, 5.41) is 2.56. The fraction of sp³-hybridized carbons (Fsp3) is 0.417. The van der Waals surface area contributed by atoms with Crippen molar-refractivity contribution < 1.29 is 22.4 Å². The third-order valence-electron chi connectivity index (χ3n) is 5.35. The van der Waals surface area contributed by atoms with Crippen LogP contribution in [0, 0.1) is 5.82 Å². The maximum Gasteiger partial charge on any atom is 0.244 e. The number of nitrogens with one attached hydrogen (secondary N) is 1. The number of sulfonamides is 1. The number of hydrogen-bond donors (Lipinski definition) is 1. The van der Waals surface area contributed by atoms with Gasteiger partial charge in [-0.05, 0) is 43.5 Å². The van der Waals surface area contributed by atoms with Crippen molar-refractivity contribution in [3.05, 3.63) is 64.9 Å². The van der Waals surface area contributed by atoms with Crippen LogP contribution in [0.2, 0.25) is 5.02 Å². The molecule has 0 saturated carbocycles. The number of nitrogens with zero attached hydrogens (tertiary/aromatic N) is 2. The molecule has 34 heavy (non-hydrogen) atoms. The summed E-state index contributed by atoms with van der Waals surface area (Å²) in [7, 11) is -3.90. The Balaban J connectivity index is 2.29. The molecule has 0 aromatic heterocycles. The molecule has 2 aromatic rings. The molecule has 1 N–H and O–H groups in total. The van der Waals surface area contributed by atoms with E-state index in [4.69, 9.17) is 11.6 Å². The van der Waals surface area contributed by atoms with Crippen LogP contribution in [-0.2, 0) is 26.0 Å². The Kier molecular flexibility index (Phi) is 10.3. The lowest BCUT2D eigenvalue weighted by molar-refractivity contribution is -0.138. The summed E-state index contributed by atoms with van der Waals surface area (Å²) in [5.41, 5.74) is 1.04. The molecule has 0 aliphatic heterocycles. The predicted molar refractivity (Wildman–Crippen MR) is 133 cm³/mol. The first kappa shape index (κ1) is 27.6. The molecular weight excluding hydrogens is 481 g/mol. The molecule has 10 heteroatoms. The van der Waals surface area contributed by atoms with E-state index in [9.17, 15) is 22.4 Å². The van der Waals surface area contributed by atoms with Gasteiger partial charge in [0.15, 0.2) is 0 Å². The van der Waals surface area contributed by atoms with Crippen molar-refractivity contribution in [2.75, 3.05) is 30.2 Å². The van der Waals surface area contributed by atoms with E-state index in [0.29, 0.717) is 13.0 Å². The predicted octanol–water partition coefficient (Wildman–Crippen LogP) is 3.62. The Morgan fingerprint density at radius 2 is 1.82 bits per heavy atom. The third-order valence-corrected chi connectivity index (χ3v) is 6.78. The van der Waals surface area contributed by atoms with E-state index in [1.54, 1.807) is 6.92 Å². The topological polar surface area (TPSA) is 86.8 Å². The molecule has 1 unspecified atom stereocenters. The number of unbranched alkanes of at least 4 members (excludes halogenated alkanes) is 1. The average Bonchev–Trinajstić information content (AvgIpc) is 2.79. The molecule has 0 radical (unpaired) electrons. The number of amides is 2. The maximum absolute atomic E-state index is 13.6. The minimum absolute atomic E-state index is 0.0605. The Bertz CT molecular complexity index is 1080. The number of benzene rings is 2. The fourth-order valence-corrected chi connectivity index (χ4v) is 4.38. The second-order valence-electron chi connectivity index (χ2n) is 8.01. The van der Waals surface area contributed by atoms with Gasteiger partial charge in [-0.25, -0.2) is 12.8 Å². The summed E-state index contributed by atoms with van der Waals surface area (Å²) in [6, 6.07) is 12.1. The van der Waals surface area contributed by atoms with Crippen molar-refractivity contribution in [2.45, 2.75) is 39.2 Å². The highest BCUT2D eigenvalue weighted by molar-refractivity contribution is 7.92. The first-order valence-corrected chi connectivity index (χ1v) is 13.3. The molecule has 0 saturated heterocycles. The second-order valence-corrected chi connectivity index (χ2v) is 10.3. The van der Waals surface area contributed by atoms with Gasteiger partial charge in [-0.3, -0.25) is 13.9 Å². The van der Waals surface area contributed by atoms with E-state index in [-0.39, 0.29) is 23.2 Å². The number of hydrogen-bond acceptors (Lipinski definition) is 4. The van der Waals surface area contributed by atoms with Crippen LogP contribution in [0.3, 0.4) is 0 Å². The molecule has 1 atom stereocenters. The van der Waals surface area contributed by atoms with Crippen LogP contribution < -0.4 is 9.62 Å². The maximum atomic E-state index is 13.6. The quantitative estimate of drug-likeness (QED) is 0.441. The van der Waals surface area contributed by atoms with Crippen molar-refractivity contribution in [1.29, 1.82) is 0 Å². The molecule has 2 aromatic carbocycles. The van der Waals surface area contributed by atoms with E-state index in [1.807, 2.05) is 37.3 Å². The van der Waals surface area contributed by atoms with Gasteiger partial charge < -0.3 is 10.2 Å². The first-order valence-electron chi connectivity index (χ1n) is 11.1. The summed E-state index contributed by atoms with van der Waals surface area (Å²) in [4.78, 5) is 27.4. The van der Waals surface area contributed by atoms with Crippen LogP contribution in [0.25, 0.3) is 0 Å². The van der Waals surface area contributed by atoms with Gasteiger partial charge in [-0.1, -0.05) is 55.3 Å². The standard InChI is InChI=1S/C24H31ClFN3O4S/c1-4-5-14-27-24(31)18(2)28(15-13-19-9-7-6-8-10-19)23(30)17-29(34(3,32)33)20-11-12-22(26)21(25)16-20/h6-12,16,18H,4-5,13-15,17H2,1-3H3,(H,27,31). The van der Waals surface area contributed by atoms with Gasteiger partial charge in [0.2, 0.25) is 21.8 Å². The van der Waals surface area contributed by atoms with E-state index >= 15 is 0 Å². The van der Waals surface area contributed by atoms with E-state index in [1.165, 1.54) is 11.0 Å². The zero-order valence-electron chi connectivity index (χ0n) is 19.6. The van der Waals surface area contributed by atoms with Gasteiger partial charge in [0.05, 0.1) is 17.0 Å². The normalized spacial score (nSPS) is 12.1. The molecule has 7 nitrogen and oxygen atoms in total. The monoisotopic (exact) mass is 511 g/mol. The SMILES string of the molecule is CCCCNC(=O)C(C)N(CCc1ccccc1)C(=O)CN(c1ccc(F)c(Cl)c1)S(C)(=O)=O. The van der Waals surface area contributed by atoms with Crippen molar-refractivity contribution in [1.82, 2.24) is 10.2 Å². The van der Waals surface area contributed by atoms with Crippen molar-refractivity contribution in [3.63, 3.8) is 0 Å². The van der Waals surface area contributed by atoms with Crippen LogP contribution in [0.1, 0.15) is 32.3 Å². The van der Waals surface area contributed by atoms with Crippen LogP contribution in [-0.4, -0.2) is 57.1 Å². The molecular formula is C24H31ClFN3O4S. The van der Waals surface area contributed by atoms with Crippen LogP contribution in [0.4, 0.5) is 10.1 Å². The van der Waals surface area contributed by atoms with E-state index in [0.717, 1.165) is 41.1 Å². The Morgan fingerprint density at radius 3 is 2.41 bits per heavy atom. The second kappa shape index (κ2) is 12.7. The van der Waals surface area contributed by atoms with Crippen LogP contribution >= 0.6 is 11.6 Å². The van der Waals surface area contributed by atoms with Gasteiger partial charge in [0.1, 0.15) is 18.4 Å². The lowest BCUT2D eigenvalue weighted by Crippen LogP contribution is -2.52. The number of anilines is 1. The minimum Gasteiger partial charge on any atom is -0.354 e. The summed E-state index contributed by atoms with van der Waals surface area (Å²) in [6.45, 7) is 3.77. The summed E-state index contributed by atoms with van der Waals surface area (Å²) >= 11 is 5.83. The van der Waals surface area contributed by atoms with Gasteiger partial charge in [0, 0.05) is 13.1 Å². The lowest BCUT2D eigenvalue weighted by Gasteiger charge is -2.31. The zero-order valence-corrected chi connectivity index (χ0v) is 21.2. The highest BCUT2D eigenvalue weighted by Crippen LogP contribution is 2.24. The molecule has 0 aliphatic carbocycles. The highest BCUT2D eigenvalue weighted by Gasteiger charge is 2.29. The number of rotatable bonds is 12. The van der Waals surface area contributed by atoms with Crippen LogP contribution in [0.5, 0.6) is 0 Å². The Labute approximate surface area is 205 Å². The summed E-state index contributed by atoms with van der Waals surface area (Å²) in [6.07, 6.45) is 3.16. The molecule has 0 bridgehead atoms. The molecule has 0 heterocycles. The highest BCUT2D eigenvalue weighted by atomic mass is 35.5. The van der Waals surface area contributed by atoms with Crippen molar-refractivity contribution in [3.8, 4) is 0 Å². The molecule has 186 valence electrons. The van der Waals surface area contributed by atoms with Gasteiger partial charge in [-0.15, -0.1) is 0 Å². The van der Waals surface area contributed by atoms with E-state index in [2.05, 4.69) is 5.32 Å². The number of carbonyl (C=O) groups excluding carboxylic acids is 2. The Hall–Kier alpha value is -2.65. The fourth-order valence-electron chi connectivity index (χ4n) is 3.36. The smallest absolute Gasteiger partial charge is 0.244 e. The third kappa shape index (κ3) is 7.99.